The molecule has 0 aromatic carbocycles. The average Bonchev–Trinajstić information content (AvgIpc) is 2.85. The predicted octanol–water partition coefficient (Wildman–Crippen LogP) is 4.81. The molecule has 0 bridgehead atoms. The summed E-state index contributed by atoms with van der Waals surface area (Å²) < 4.78 is 15.0. The highest BCUT2D eigenvalue weighted by atomic mass is 19.1. The van der Waals surface area contributed by atoms with E-state index in [0.29, 0.717) is 42.3 Å². The highest BCUT2D eigenvalue weighted by molar-refractivity contribution is 5.79. The standard InChI is InChI=1S/C21H31FO2/c1-12(23)17-4-5-18-15-10-19(22)16-11-20(2,24)8-6-14(16)13(15)7-9-21(17,18)3/h13-15,17-18,24H,4-11H2,1-3H3. The Morgan fingerprint density at radius 3 is 2.58 bits per heavy atom. The topological polar surface area (TPSA) is 37.3 Å². The summed E-state index contributed by atoms with van der Waals surface area (Å²) in [4.78, 5) is 12.1. The summed E-state index contributed by atoms with van der Waals surface area (Å²) in [6, 6.07) is 0. The normalized spacial score (nSPS) is 51.0. The maximum absolute atomic E-state index is 15.0. The van der Waals surface area contributed by atoms with Gasteiger partial charge in [-0.1, -0.05) is 6.92 Å². The van der Waals surface area contributed by atoms with Gasteiger partial charge in [0.25, 0.3) is 0 Å². The molecule has 3 fully saturated rings. The first-order chi connectivity index (χ1) is 11.2. The molecule has 0 heterocycles. The van der Waals surface area contributed by atoms with E-state index in [0.717, 1.165) is 44.1 Å². The largest absolute Gasteiger partial charge is 0.390 e. The van der Waals surface area contributed by atoms with Crippen molar-refractivity contribution in [2.24, 2.45) is 35.0 Å². The molecular formula is C21H31FO2. The number of Topliss-reactive ketones (excluding diaryl/α,β-unsaturated/α-hetero) is 1. The zero-order valence-corrected chi connectivity index (χ0v) is 15.3. The Labute approximate surface area is 144 Å². The molecule has 4 rings (SSSR count). The van der Waals surface area contributed by atoms with Gasteiger partial charge >= 0.3 is 0 Å². The van der Waals surface area contributed by atoms with Crippen molar-refractivity contribution in [2.45, 2.75) is 77.7 Å². The van der Waals surface area contributed by atoms with Crippen LogP contribution in [0.2, 0.25) is 0 Å². The molecule has 134 valence electrons. The Morgan fingerprint density at radius 2 is 1.88 bits per heavy atom. The number of hydrogen-bond acceptors (Lipinski definition) is 2. The summed E-state index contributed by atoms with van der Waals surface area (Å²) >= 11 is 0. The van der Waals surface area contributed by atoms with Gasteiger partial charge in [0, 0.05) is 12.3 Å². The minimum atomic E-state index is -0.730. The van der Waals surface area contributed by atoms with Gasteiger partial charge in [-0.2, -0.15) is 0 Å². The van der Waals surface area contributed by atoms with Gasteiger partial charge in [0.05, 0.1) is 11.4 Å². The van der Waals surface area contributed by atoms with Crippen LogP contribution in [-0.2, 0) is 4.79 Å². The molecule has 7 unspecified atom stereocenters. The van der Waals surface area contributed by atoms with Crippen molar-refractivity contribution in [3.63, 3.8) is 0 Å². The van der Waals surface area contributed by atoms with Crippen LogP contribution in [-0.4, -0.2) is 16.5 Å². The number of aliphatic hydroxyl groups is 1. The van der Waals surface area contributed by atoms with Crippen LogP contribution < -0.4 is 0 Å². The second-order valence-electron chi connectivity index (χ2n) is 9.67. The number of ketones is 1. The van der Waals surface area contributed by atoms with Crippen LogP contribution in [0.4, 0.5) is 4.39 Å². The first-order valence-electron chi connectivity index (χ1n) is 9.83. The highest BCUT2D eigenvalue weighted by Crippen LogP contribution is 2.64. The Kier molecular flexibility index (Phi) is 3.77. The van der Waals surface area contributed by atoms with E-state index in [9.17, 15) is 14.3 Å². The van der Waals surface area contributed by atoms with Crippen molar-refractivity contribution in [2.75, 3.05) is 0 Å². The molecule has 3 heteroatoms. The fourth-order valence-electron chi connectivity index (χ4n) is 7.16. The molecule has 4 aliphatic rings. The molecule has 24 heavy (non-hydrogen) atoms. The van der Waals surface area contributed by atoms with Crippen molar-refractivity contribution in [1.82, 2.24) is 0 Å². The van der Waals surface area contributed by atoms with Crippen LogP contribution >= 0.6 is 0 Å². The van der Waals surface area contributed by atoms with Crippen LogP contribution in [0.5, 0.6) is 0 Å². The van der Waals surface area contributed by atoms with Crippen LogP contribution in [0.3, 0.4) is 0 Å². The zero-order chi connectivity index (χ0) is 17.3. The SMILES string of the molecule is CC(=O)C1CCC2C3CC(F)=C4CC(C)(O)CCC4C3CCC12C. The van der Waals surface area contributed by atoms with E-state index in [4.69, 9.17) is 0 Å². The molecule has 3 saturated carbocycles. The van der Waals surface area contributed by atoms with E-state index in [1.807, 2.05) is 6.92 Å². The minimum absolute atomic E-state index is 0.0664. The molecule has 0 aromatic rings. The number of allylic oxidation sites excluding steroid dienone is 1. The maximum Gasteiger partial charge on any atom is 0.133 e. The second kappa shape index (κ2) is 5.40. The first kappa shape index (κ1) is 16.8. The quantitative estimate of drug-likeness (QED) is 0.747. The van der Waals surface area contributed by atoms with Gasteiger partial charge in [0.15, 0.2) is 0 Å². The van der Waals surface area contributed by atoms with Crippen molar-refractivity contribution < 1.29 is 14.3 Å². The van der Waals surface area contributed by atoms with Gasteiger partial charge in [-0.05, 0) is 93.5 Å². The van der Waals surface area contributed by atoms with Gasteiger partial charge in [-0.3, -0.25) is 4.79 Å². The summed E-state index contributed by atoms with van der Waals surface area (Å²) in [5.41, 5.74) is 0.286. The van der Waals surface area contributed by atoms with Crippen molar-refractivity contribution in [3.8, 4) is 0 Å². The molecule has 0 aromatic heterocycles. The van der Waals surface area contributed by atoms with E-state index in [1.54, 1.807) is 6.92 Å². The lowest BCUT2D eigenvalue weighted by atomic mass is 9.51. The minimum Gasteiger partial charge on any atom is -0.390 e. The van der Waals surface area contributed by atoms with Crippen molar-refractivity contribution in [3.05, 3.63) is 11.4 Å². The lowest BCUT2D eigenvalue weighted by Crippen LogP contribution is -2.48. The number of rotatable bonds is 1. The Hall–Kier alpha value is -0.700. The average molecular weight is 334 g/mol. The van der Waals surface area contributed by atoms with Crippen LogP contribution in [0, 0.1) is 35.0 Å². The zero-order valence-electron chi connectivity index (χ0n) is 15.3. The molecule has 2 nitrogen and oxygen atoms in total. The number of halogens is 1. The van der Waals surface area contributed by atoms with Crippen LogP contribution in [0.15, 0.2) is 11.4 Å². The molecular weight excluding hydrogens is 303 g/mol. The van der Waals surface area contributed by atoms with E-state index in [-0.39, 0.29) is 17.2 Å². The van der Waals surface area contributed by atoms with Crippen molar-refractivity contribution in [1.29, 1.82) is 0 Å². The number of hydrogen-bond donors (Lipinski definition) is 1. The third-order valence-electron chi connectivity index (χ3n) is 8.28. The van der Waals surface area contributed by atoms with Gasteiger partial charge in [0.2, 0.25) is 0 Å². The van der Waals surface area contributed by atoms with E-state index >= 15 is 0 Å². The third kappa shape index (κ3) is 2.34. The fraction of sp³-hybridized carbons (Fsp3) is 0.857. The van der Waals surface area contributed by atoms with Gasteiger partial charge in [-0.25, -0.2) is 4.39 Å². The number of carbonyl (C=O) groups excluding carboxylic acids is 1. The smallest absolute Gasteiger partial charge is 0.133 e. The number of fused-ring (bicyclic) bond motifs is 5. The lowest BCUT2D eigenvalue weighted by molar-refractivity contribution is -0.126. The van der Waals surface area contributed by atoms with E-state index in [1.165, 1.54) is 0 Å². The maximum atomic E-state index is 15.0. The third-order valence-corrected chi connectivity index (χ3v) is 8.28. The molecule has 0 saturated heterocycles. The summed E-state index contributed by atoms with van der Waals surface area (Å²) in [6.07, 6.45) is 7.12. The summed E-state index contributed by atoms with van der Waals surface area (Å²) in [7, 11) is 0. The van der Waals surface area contributed by atoms with Gasteiger partial charge < -0.3 is 5.11 Å². The van der Waals surface area contributed by atoms with Crippen LogP contribution in [0.1, 0.15) is 72.1 Å². The summed E-state index contributed by atoms with van der Waals surface area (Å²) in [5.74, 6) is 2.40. The molecule has 1 N–H and O–H groups in total. The summed E-state index contributed by atoms with van der Waals surface area (Å²) in [5, 5.41) is 10.4. The lowest BCUT2D eigenvalue weighted by Gasteiger charge is -2.54. The summed E-state index contributed by atoms with van der Waals surface area (Å²) in [6.45, 7) is 5.89. The molecule has 0 amide bonds. The Balaban J connectivity index is 1.65. The number of carbonyl (C=O) groups is 1. The Bertz CT molecular complexity index is 593. The van der Waals surface area contributed by atoms with Crippen LogP contribution in [0.25, 0.3) is 0 Å². The fourth-order valence-corrected chi connectivity index (χ4v) is 7.16. The highest BCUT2D eigenvalue weighted by Gasteiger charge is 2.58. The molecule has 0 spiro atoms. The van der Waals surface area contributed by atoms with Crippen molar-refractivity contribution >= 4 is 5.78 Å². The molecule has 0 radical (unpaired) electrons. The molecule has 7 atom stereocenters. The monoisotopic (exact) mass is 334 g/mol. The van der Waals surface area contributed by atoms with Gasteiger partial charge in [0.1, 0.15) is 5.78 Å². The Morgan fingerprint density at radius 1 is 1.12 bits per heavy atom. The molecule has 4 aliphatic carbocycles. The first-order valence-corrected chi connectivity index (χ1v) is 9.83. The van der Waals surface area contributed by atoms with E-state index in [2.05, 4.69) is 6.92 Å². The van der Waals surface area contributed by atoms with E-state index < -0.39 is 5.60 Å². The molecule has 0 aliphatic heterocycles. The van der Waals surface area contributed by atoms with Gasteiger partial charge in [-0.15, -0.1) is 0 Å². The second-order valence-corrected chi connectivity index (χ2v) is 9.67. The predicted molar refractivity (Wildman–Crippen MR) is 91.9 cm³/mol.